The highest BCUT2D eigenvalue weighted by Crippen LogP contribution is 2.31. The van der Waals surface area contributed by atoms with Gasteiger partial charge in [0, 0.05) is 34.9 Å². The molecule has 0 unspecified atom stereocenters. The molecule has 3 N–H and O–H groups in total. The van der Waals surface area contributed by atoms with Crippen molar-refractivity contribution in [2.24, 2.45) is 0 Å². The van der Waals surface area contributed by atoms with Crippen molar-refractivity contribution >= 4 is 45.5 Å². The number of hydrogen-bond donors (Lipinski definition) is 3. The highest BCUT2D eigenvalue weighted by Gasteiger charge is 2.13. The lowest BCUT2D eigenvalue weighted by Gasteiger charge is -2.12. The predicted octanol–water partition coefficient (Wildman–Crippen LogP) is 6.73. The van der Waals surface area contributed by atoms with E-state index in [9.17, 15) is 20.2 Å². The van der Waals surface area contributed by atoms with E-state index < -0.39 is 9.85 Å². The Hall–Kier alpha value is -4.92. The molecular formula is C24H19N5O4. The van der Waals surface area contributed by atoms with Gasteiger partial charge in [-0.05, 0) is 48.5 Å². The van der Waals surface area contributed by atoms with Gasteiger partial charge in [-0.25, -0.2) is 0 Å². The largest absolute Gasteiger partial charge is 0.355 e. The molecule has 0 atom stereocenters. The van der Waals surface area contributed by atoms with Gasteiger partial charge in [0.25, 0.3) is 11.4 Å². The summed E-state index contributed by atoms with van der Waals surface area (Å²) in [5.74, 6) is 0. The lowest BCUT2D eigenvalue weighted by atomic mass is 10.2. The lowest BCUT2D eigenvalue weighted by Crippen LogP contribution is -1.98. The van der Waals surface area contributed by atoms with E-state index in [4.69, 9.17) is 0 Å². The topological polar surface area (TPSA) is 122 Å². The molecular weight excluding hydrogens is 422 g/mol. The summed E-state index contributed by atoms with van der Waals surface area (Å²) in [4.78, 5) is 21.6. The Kier molecular flexibility index (Phi) is 6.12. The van der Waals surface area contributed by atoms with Crippen LogP contribution in [0.5, 0.6) is 0 Å². The molecule has 0 fully saturated rings. The van der Waals surface area contributed by atoms with E-state index in [0.717, 1.165) is 11.4 Å². The first-order valence-electron chi connectivity index (χ1n) is 9.97. The van der Waals surface area contributed by atoms with E-state index in [0.29, 0.717) is 22.7 Å². The molecule has 9 heteroatoms. The molecule has 0 aliphatic rings. The molecule has 0 aromatic heterocycles. The summed E-state index contributed by atoms with van der Waals surface area (Å²) in [7, 11) is 0. The van der Waals surface area contributed by atoms with Crippen molar-refractivity contribution in [3.63, 3.8) is 0 Å². The maximum atomic E-state index is 11.3. The van der Waals surface area contributed by atoms with E-state index in [1.807, 2.05) is 48.5 Å². The van der Waals surface area contributed by atoms with Crippen LogP contribution in [0.15, 0.2) is 97.1 Å². The number of anilines is 6. The first kappa shape index (κ1) is 21.3. The van der Waals surface area contributed by atoms with E-state index in [1.54, 1.807) is 36.4 Å². The number of benzene rings is 4. The average molecular weight is 441 g/mol. The second-order valence-electron chi connectivity index (χ2n) is 7.09. The van der Waals surface area contributed by atoms with Crippen molar-refractivity contribution in [1.29, 1.82) is 0 Å². The summed E-state index contributed by atoms with van der Waals surface area (Å²) in [6, 6.07) is 27.6. The normalized spacial score (nSPS) is 10.3. The standard InChI is InChI=1S/C24H19N5O4/c30-28(31)23-13-3-1-11-21(23)26-19-9-5-7-17(15-19)25-18-8-6-10-20(16-18)27-22-12-2-4-14-24(22)29(32)33/h1-16,25-27H. The van der Waals surface area contributed by atoms with Gasteiger partial charge in [-0.15, -0.1) is 0 Å². The van der Waals surface area contributed by atoms with Crippen LogP contribution in [0.25, 0.3) is 0 Å². The summed E-state index contributed by atoms with van der Waals surface area (Å²) < 4.78 is 0. The molecule has 0 bridgehead atoms. The predicted molar refractivity (Wildman–Crippen MR) is 129 cm³/mol. The maximum absolute atomic E-state index is 11.3. The van der Waals surface area contributed by atoms with Crippen LogP contribution in [0.4, 0.5) is 45.5 Å². The first-order valence-corrected chi connectivity index (χ1v) is 9.97. The molecule has 4 aromatic carbocycles. The van der Waals surface area contributed by atoms with E-state index in [1.165, 1.54) is 12.1 Å². The highest BCUT2D eigenvalue weighted by molar-refractivity contribution is 5.75. The zero-order valence-electron chi connectivity index (χ0n) is 17.3. The van der Waals surface area contributed by atoms with Gasteiger partial charge in [-0.2, -0.15) is 0 Å². The van der Waals surface area contributed by atoms with Crippen LogP contribution in [0.3, 0.4) is 0 Å². The number of hydrogen-bond acceptors (Lipinski definition) is 7. The smallest absolute Gasteiger partial charge is 0.292 e. The maximum Gasteiger partial charge on any atom is 0.292 e. The first-order chi connectivity index (χ1) is 16.0. The minimum Gasteiger partial charge on any atom is -0.355 e. The molecule has 0 spiro atoms. The summed E-state index contributed by atoms with van der Waals surface area (Å²) in [6.45, 7) is 0. The third-order valence-electron chi connectivity index (χ3n) is 4.77. The van der Waals surface area contributed by atoms with Crippen LogP contribution in [0, 0.1) is 20.2 Å². The van der Waals surface area contributed by atoms with Crippen LogP contribution in [-0.2, 0) is 0 Å². The van der Waals surface area contributed by atoms with Crippen molar-refractivity contribution in [1.82, 2.24) is 0 Å². The Morgan fingerprint density at radius 2 is 0.848 bits per heavy atom. The molecule has 0 aliphatic carbocycles. The number of nitro benzene ring substituents is 2. The number of nitro groups is 2. The molecule has 33 heavy (non-hydrogen) atoms. The number of para-hydroxylation sites is 4. The second-order valence-corrected chi connectivity index (χ2v) is 7.09. The van der Waals surface area contributed by atoms with Gasteiger partial charge in [0.1, 0.15) is 11.4 Å². The molecule has 4 rings (SSSR count). The summed E-state index contributed by atoms with van der Waals surface area (Å²) >= 11 is 0. The Balaban J connectivity index is 1.52. The molecule has 0 heterocycles. The van der Waals surface area contributed by atoms with Crippen LogP contribution in [0.1, 0.15) is 0 Å². The van der Waals surface area contributed by atoms with Gasteiger partial charge in [0.2, 0.25) is 0 Å². The molecule has 0 saturated heterocycles. The zero-order valence-corrected chi connectivity index (χ0v) is 17.3. The molecule has 0 amide bonds. The van der Waals surface area contributed by atoms with Crippen LogP contribution >= 0.6 is 0 Å². The fourth-order valence-electron chi connectivity index (χ4n) is 3.30. The average Bonchev–Trinajstić information content (AvgIpc) is 2.80. The molecule has 164 valence electrons. The van der Waals surface area contributed by atoms with Crippen molar-refractivity contribution in [3.8, 4) is 0 Å². The molecule has 0 saturated carbocycles. The van der Waals surface area contributed by atoms with Crippen LogP contribution < -0.4 is 16.0 Å². The van der Waals surface area contributed by atoms with Gasteiger partial charge < -0.3 is 16.0 Å². The van der Waals surface area contributed by atoms with Gasteiger partial charge >= 0.3 is 0 Å². The summed E-state index contributed by atoms with van der Waals surface area (Å²) in [6.07, 6.45) is 0. The third-order valence-corrected chi connectivity index (χ3v) is 4.77. The number of nitrogens with one attached hydrogen (secondary N) is 3. The van der Waals surface area contributed by atoms with Crippen molar-refractivity contribution in [2.45, 2.75) is 0 Å². The highest BCUT2D eigenvalue weighted by atomic mass is 16.6. The minimum absolute atomic E-state index is 0.00959. The second kappa shape index (κ2) is 9.48. The number of nitrogens with zero attached hydrogens (tertiary/aromatic N) is 2. The minimum atomic E-state index is -0.431. The zero-order chi connectivity index (χ0) is 23.2. The fraction of sp³-hybridized carbons (Fsp3) is 0. The van der Waals surface area contributed by atoms with E-state index in [-0.39, 0.29) is 11.4 Å². The van der Waals surface area contributed by atoms with Crippen LogP contribution in [-0.4, -0.2) is 9.85 Å². The molecule has 0 radical (unpaired) electrons. The Bertz CT molecular complexity index is 1220. The third kappa shape index (κ3) is 5.23. The molecule has 4 aromatic rings. The fourth-order valence-corrected chi connectivity index (χ4v) is 3.30. The molecule has 9 nitrogen and oxygen atoms in total. The van der Waals surface area contributed by atoms with Gasteiger partial charge in [0.05, 0.1) is 9.85 Å². The van der Waals surface area contributed by atoms with Crippen molar-refractivity contribution in [3.05, 3.63) is 117 Å². The summed E-state index contributed by atoms with van der Waals surface area (Å²) in [5, 5.41) is 32.0. The SMILES string of the molecule is O=[N+]([O-])c1ccccc1Nc1cccc(Nc2cccc(Nc3ccccc3[N+](=O)[O-])c2)c1. The Labute approximate surface area is 189 Å². The Morgan fingerprint density at radius 1 is 0.485 bits per heavy atom. The quantitative estimate of drug-likeness (QED) is 0.204. The Morgan fingerprint density at radius 3 is 1.24 bits per heavy atom. The lowest BCUT2D eigenvalue weighted by molar-refractivity contribution is -0.384. The number of rotatable bonds is 8. The monoisotopic (exact) mass is 441 g/mol. The van der Waals surface area contributed by atoms with Crippen molar-refractivity contribution < 1.29 is 9.85 Å². The van der Waals surface area contributed by atoms with Crippen molar-refractivity contribution in [2.75, 3.05) is 16.0 Å². The van der Waals surface area contributed by atoms with Gasteiger partial charge in [-0.3, -0.25) is 20.2 Å². The molecule has 0 aliphatic heterocycles. The van der Waals surface area contributed by atoms with E-state index >= 15 is 0 Å². The summed E-state index contributed by atoms with van der Waals surface area (Å²) in [5.41, 5.74) is 3.68. The van der Waals surface area contributed by atoms with Gasteiger partial charge in [0.15, 0.2) is 0 Å². The van der Waals surface area contributed by atoms with Crippen LogP contribution in [0.2, 0.25) is 0 Å². The van der Waals surface area contributed by atoms with Gasteiger partial charge in [-0.1, -0.05) is 36.4 Å². The van der Waals surface area contributed by atoms with E-state index in [2.05, 4.69) is 16.0 Å².